The van der Waals surface area contributed by atoms with Crippen molar-refractivity contribution in [1.29, 1.82) is 0 Å². The summed E-state index contributed by atoms with van der Waals surface area (Å²) < 4.78 is 31.2. The maximum atomic E-state index is 12.1. The van der Waals surface area contributed by atoms with E-state index < -0.39 is 11.4 Å². The van der Waals surface area contributed by atoms with Gasteiger partial charge in [-0.15, -0.1) is 179 Å². The number of benzene rings is 6. The first-order valence-corrected chi connectivity index (χ1v) is 34.9. The Morgan fingerprint density at radius 2 is 0.527 bits per heavy atom. The van der Waals surface area contributed by atoms with Gasteiger partial charge in [0.15, 0.2) is 0 Å². The van der Waals surface area contributed by atoms with Crippen LogP contribution in [0.15, 0.2) is 268 Å². The van der Waals surface area contributed by atoms with E-state index in [1.54, 1.807) is 181 Å². The van der Waals surface area contributed by atoms with Crippen LogP contribution in [0.3, 0.4) is 0 Å². The average molecular weight is 1830 g/mol. The van der Waals surface area contributed by atoms with Gasteiger partial charge >= 0.3 is 76.0 Å². The molecule has 0 aliphatic heterocycles. The first-order valence-electron chi connectivity index (χ1n) is 34.9. The number of nitrogens with zero attached hydrogens (tertiary/aromatic N) is 6. The van der Waals surface area contributed by atoms with E-state index in [4.69, 9.17) is 28.4 Å². The van der Waals surface area contributed by atoms with Crippen LogP contribution in [0, 0.1) is 41.8 Å². The Morgan fingerprint density at radius 1 is 0.327 bits per heavy atom. The summed E-state index contributed by atoms with van der Waals surface area (Å²) in [5, 5.41) is 0. The minimum absolute atomic E-state index is 0. The maximum absolute atomic E-state index is 12.1. The molecule has 0 aliphatic carbocycles. The number of aromatic nitrogens is 6. The van der Waals surface area contributed by atoms with Gasteiger partial charge in [0, 0.05) is 68.4 Å². The van der Waals surface area contributed by atoms with Crippen LogP contribution in [0.1, 0.15) is 101 Å². The van der Waals surface area contributed by atoms with Gasteiger partial charge < -0.3 is 58.3 Å². The van der Waals surface area contributed by atoms with Gasteiger partial charge in [0.1, 0.15) is 0 Å². The zero-order chi connectivity index (χ0) is 77.9. The molecular weight excluding hydrogens is 1740 g/mol. The van der Waals surface area contributed by atoms with Gasteiger partial charge in [0.25, 0.3) is 0 Å². The quantitative estimate of drug-likeness (QED) is 0.0317. The molecule has 20 heteroatoms. The number of pyridine rings is 6. The first-order chi connectivity index (χ1) is 52.4. The molecule has 0 atom stereocenters. The topological polar surface area (TPSA) is 235 Å². The van der Waals surface area contributed by atoms with Crippen molar-refractivity contribution in [2.24, 2.45) is 5.41 Å². The molecule has 0 spiro atoms. The Kier molecular flexibility index (Phi) is 41.0. The van der Waals surface area contributed by atoms with Crippen molar-refractivity contribution in [1.82, 2.24) is 29.9 Å². The number of carbonyl (C=O) groups excluding carboxylic acids is 6. The van der Waals surface area contributed by atoms with Crippen molar-refractivity contribution in [3.8, 4) is 102 Å². The van der Waals surface area contributed by atoms with Crippen molar-refractivity contribution < 1.29 is 97.4 Å². The molecule has 564 valence electrons. The molecule has 0 unspecified atom stereocenters. The molecule has 6 heterocycles. The molecule has 110 heavy (non-hydrogen) atoms. The Labute approximate surface area is 671 Å². The second kappa shape index (κ2) is 49.8. The van der Waals surface area contributed by atoms with Crippen molar-refractivity contribution in [2.45, 2.75) is 101 Å². The monoisotopic (exact) mass is 1830 g/mol. The standard InChI is InChI=1S/C17H18NO2.C15H12NO2.4C14H12NO2.C2H6.2Ir/c1-4-17(2,3)16(19)20-14-9-7-8-13(12-14)15-10-5-6-11-18-15;1-11(2)15(17)18-13-7-5-6-12(10-13)14-8-3-4-9-16-14;4*1-2-14(16)17-12-7-5-6-11(10-12)13-8-3-4-9-15-13;1-2;;/h5-7,9-12H,4H2,1-3H3;3-5,7-10H,1H2,2H3;4*3-5,7-10H,2H2,1H3;1-2H3;;/q6*-1;;2*+3. The van der Waals surface area contributed by atoms with Crippen molar-refractivity contribution in [2.75, 3.05) is 0 Å². The molecule has 6 aromatic heterocycles. The molecule has 18 nitrogen and oxygen atoms in total. The third-order valence-electron chi connectivity index (χ3n) is 14.6. The fraction of sp³-hybridized carbons (Fsp3) is 0.178. The normalized spacial score (nSPS) is 9.84. The van der Waals surface area contributed by atoms with Gasteiger partial charge in [-0.25, -0.2) is 4.79 Å². The molecule has 0 N–H and O–H groups in total. The van der Waals surface area contributed by atoms with Crippen LogP contribution in [0.5, 0.6) is 34.5 Å². The zero-order valence-corrected chi connectivity index (χ0v) is 67.5. The van der Waals surface area contributed by atoms with E-state index in [9.17, 15) is 28.8 Å². The Balaban J connectivity index is 0.000000276. The van der Waals surface area contributed by atoms with Gasteiger partial charge in [0.05, 0.1) is 39.9 Å². The largest absolute Gasteiger partial charge is 3.00 e. The van der Waals surface area contributed by atoms with Gasteiger partial charge in [-0.1, -0.05) is 128 Å². The molecule has 0 amide bonds. The summed E-state index contributed by atoms with van der Waals surface area (Å²) in [6.45, 7) is 21.9. The summed E-state index contributed by atoms with van der Waals surface area (Å²) >= 11 is 0. The summed E-state index contributed by atoms with van der Waals surface area (Å²) in [6, 6.07) is 83.4. The SMILES string of the molecule is C=C(C)C(=O)Oc1cc[c-]c(-c2ccccn2)c1.CC.CCC(=O)Oc1cc[c-]c(-c2ccccn2)c1.CCC(=O)Oc1cc[c-]c(-c2ccccn2)c1.CCC(=O)Oc1cc[c-]c(-c2ccccn2)c1.CCC(=O)Oc1cc[c-]c(-c2ccccn2)c1.CCC(C)(C)C(=O)Oc1cc[c-]c(-c2ccccn2)c1.[Ir+3].[Ir+3]. The van der Waals surface area contributed by atoms with Gasteiger partial charge in [-0.3, -0.25) is 24.0 Å². The first kappa shape index (κ1) is 90.5. The van der Waals surface area contributed by atoms with E-state index in [-0.39, 0.29) is 70.1 Å². The second-order valence-electron chi connectivity index (χ2n) is 23.0. The van der Waals surface area contributed by atoms with Crippen molar-refractivity contribution in [3.05, 3.63) is 304 Å². The maximum Gasteiger partial charge on any atom is 3.00 e. The number of ether oxygens (including phenoxy) is 6. The summed E-state index contributed by atoms with van der Waals surface area (Å²) in [6.07, 6.45) is 12.5. The summed E-state index contributed by atoms with van der Waals surface area (Å²) in [5.74, 6) is 1.43. The summed E-state index contributed by atoms with van der Waals surface area (Å²) in [4.78, 5) is 93.5. The van der Waals surface area contributed by atoms with Crippen LogP contribution in [0.4, 0.5) is 0 Å². The van der Waals surface area contributed by atoms with Crippen LogP contribution in [-0.2, 0) is 69.0 Å². The fourth-order valence-electron chi connectivity index (χ4n) is 8.47. The summed E-state index contributed by atoms with van der Waals surface area (Å²) in [7, 11) is 0. The number of hydrogen-bond donors (Lipinski definition) is 0. The molecule has 12 aromatic rings. The van der Waals surface area contributed by atoms with Gasteiger partial charge in [-0.2, -0.15) is 0 Å². The van der Waals surface area contributed by atoms with Crippen LogP contribution in [0.2, 0.25) is 0 Å². The molecule has 0 bridgehead atoms. The number of rotatable bonds is 19. The number of hydrogen-bond acceptors (Lipinski definition) is 18. The molecule has 0 radical (unpaired) electrons. The van der Waals surface area contributed by atoms with E-state index in [2.05, 4.69) is 72.9 Å². The zero-order valence-electron chi connectivity index (χ0n) is 62.7. The molecule has 12 rings (SSSR count). The van der Waals surface area contributed by atoms with Crippen LogP contribution >= 0.6 is 0 Å². The fourth-order valence-corrected chi connectivity index (χ4v) is 8.47. The van der Waals surface area contributed by atoms with E-state index in [1.165, 1.54) is 0 Å². The van der Waals surface area contributed by atoms with Crippen LogP contribution in [0.25, 0.3) is 67.5 Å². The average Bonchev–Trinajstić information content (AvgIpc) is 0.860. The molecular formula is C90H84Ir2N6O12. The Bertz CT molecular complexity index is 4390. The smallest absolute Gasteiger partial charge is 0.447 e. The van der Waals surface area contributed by atoms with Crippen molar-refractivity contribution >= 4 is 35.8 Å². The van der Waals surface area contributed by atoms with Crippen molar-refractivity contribution in [3.63, 3.8) is 0 Å². The second-order valence-corrected chi connectivity index (χ2v) is 23.0. The van der Waals surface area contributed by atoms with Gasteiger partial charge in [0.2, 0.25) is 0 Å². The minimum Gasteiger partial charge on any atom is -0.447 e. The molecule has 0 saturated carbocycles. The third kappa shape index (κ3) is 31.9. The molecule has 0 aliphatic rings. The summed E-state index contributed by atoms with van der Waals surface area (Å²) in [5.41, 5.74) is 9.54. The molecule has 0 saturated heterocycles. The van der Waals surface area contributed by atoms with E-state index in [0.717, 1.165) is 74.0 Å². The predicted molar refractivity (Wildman–Crippen MR) is 416 cm³/mol. The van der Waals surface area contributed by atoms with E-state index >= 15 is 0 Å². The van der Waals surface area contributed by atoms with Crippen LogP contribution in [-0.4, -0.2) is 65.7 Å². The number of esters is 6. The minimum atomic E-state index is -0.481. The Morgan fingerprint density at radius 3 is 0.700 bits per heavy atom. The predicted octanol–water partition coefficient (Wildman–Crippen LogP) is 19.4. The van der Waals surface area contributed by atoms with Gasteiger partial charge in [-0.05, 0) is 97.8 Å². The third-order valence-corrected chi connectivity index (χ3v) is 14.6. The van der Waals surface area contributed by atoms with E-state index in [0.29, 0.717) is 65.8 Å². The van der Waals surface area contributed by atoms with E-state index in [1.807, 2.05) is 144 Å². The number of carbonyl (C=O) groups is 6. The molecule has 6 aromatic carbocycles. The van der Waals surface area contributed by atoms with Crippen LogP contribution < -0.4 is 28.4 Å². The Hall–Kier alpha value is -11.9. The molecule has 0 fully saturated rings.